The van der Waals surface area contributed by atoms with Gasteiger partial charge in [-0.2, -0.15) is 0 Å². The Bertz CT molecular complexity index is 243. The van der Waals surface area contributed by atoms with Crippen LogP contribution in [0.5, 0.6) is 5.75 Å². The van der Waals surface area contributed by atoms with Crippen LogP contribution in [0.4, 0.5) is 0 Å². The molecule has 1 atom stereocenters. The fourth-order valence-electron chi connectivity index (χ4n) is 1.19. The standard InChI is InChI=1S/C11H17NO/c1-9(12-2)3-4-10-5-7-11(13)8-6-10/h5-9,12-13H,3-4H2,1-2H3/t9-/m1/s1. The van der Waals surface area contributed by atoms with E-state index in [9.17, 15) is 0 Å². The van der Waals surface area contributed by atoms with Gasteiger partial charge >= 0.3 is 0 Å². The summed E-state index contributed by atoms with van der Waals surface area (Å²) in [4.78, 5) is 0. The minimum absolute atomic E-state index is 0.338. The third-order valence-electron chi connectivity index (χ3n) is 2.30. The van der Waals surface area contributed by atoms with Gasteiger partial charge in [-0.1, -0.05) is 12.1 Å². The number of phenolic OH excluding ortho intramolecular Hbond substituents is 1. The van der Waals surface area contributed by atoms with Crippen LogP contribution in [0.15, 0.2) is 24.3 Å². The van der Waals surface area contributed by atoms with Crippen molar-refractivity contribution in [3.8, 4) is 5.75 Å². The second-order valence-corrected chi connectivity index (χ2v) is 3.39. The van der Waals surface area contributed by atoms with E-state index in [1.54, 1.807) is 12.1 Å². The van der Waals surface area contributed by atoms with Crippen molar-refractivity contribution in [2.45, 2.75) is 25.8 Å². The molecule has 0 spiro atoms. The fourth-order valence-corrected chi connectivity index (χ4v) is 1.19. The van der Waals surface area contributed by atoms with Gasteiger partial charge in [-0.25, -0.2) is 0 Å². The summed E-state index contributed by atoms with van der Waals surface area (Å²) < 4.78 is 0. The van der Waals surface area contributed by atoms with E-state index in [-0.39, 0.29) is 0 Å². The summed E-state index contributed by atoms with van der Waals surface area (Å²) in [5.41, 5.74) is 1.28. The zero-order valence-corrected chi connectivity index (χ0v) is 8.25. The van der Waals surface area contributed by atoms with Gasteiger partial charge in [-0.15, -0.1) is 0 Å². The molecule has 2 heteroatoms. The van der Waals surface area contributed by atoms with Crippen LogP contribution in [-0.2, 0) is 6.42 Å². The Kier molecular flexibility index (Phi) is 3.77. The van der Waals surface area contributed by atoms with E-state index >= 15 is 0 Å². The lowest BCUT2D eigenvalue weighted by atomic mass is 10.1. The molecule has 72 valence electrons. The second kappa shape index (κ2) is 4.87. The Morgan fingerprint density at radius 3 is 2.46 bits per heavy atom. The van der Waals surface area contributed by atoms with Gasteiger partial charge in [0.25, 0.3) is 0 Å². The maximum absolute atomic E-state index is 9.07. The third-order valence-corrected chi connectivity index (χ3v) is 2.30. The van der Waals surface area contributed by atoms with E-state index in [4.69, 9.17) is 5.11 Å². The van der Waals surface area contributed by atoms with E-state index in [2.05, 4.69) is 12.2 Å². The van der Waals surface area contributed by atoms with Crippen molar-refractivity contribution >= 4 is 0 Å². The van der Waals surface area contributed by atoms with Crippen LogP contribution >= 0.6 is 0 Å². The van der Waals surface area contributed by atoms with Gasteiger partial charge < -0.3 is 10.4 Å². The van der Waals surface area contributed by atoms with Crippen LogP contribution in [0.2, 0.25) is 0 Å². The van der Waals surface area contributed by atoms with Crippen molar-refractivity contribution in [2.75, 3.05) is 7.05 Å². The summed E-state index contributed by atoms with van der Waals surface area (Å²) in [6, 6.07) is 7.96. The molecule has 0 aliphatic carbocycles. The van der Waals surface area contributed by atoms with Gasteiger partial charge in [0.05, 0.1) is 0 Å². The molecule has 2 N–H and O–H groups in total. The summed E-state index contributed by atoms with van der Waals surface area (Å²) >= 11 is 0. The van der Waals surface area contributed by atoms with Crippen LogP contribution < -0.4 is 5.32 Å². The molecule has 13 heavy (non-hydrogen) atoms. The number of benzene rings is 1. The van der Waals surface area contributed by atoms with Crippen LogP contribution in [0.25, 0.3) is 0 Å². The molecule has 0 heterocycles. The molecule has 0 amide bonds. The first-order valence-corrected chi connectivity index (χ1v) is 4.67. The number of rotatable bonds is 4. The highest BCUT2D eigenvalue weighted by Crippen LogP contribution is 2.11. The van der Waals surface area contributed by atoms with Crippen molar-refractivity contribution in [3.05, 3.63) is 29.8 Å². The van der Waals surface area contributed by atoms with Gasteiger partial charge in [-0.05, 0) is 44.5 Å². The molecule has 0 aliphatic heterocycles. The largest absolute Gasteiger partial charge is 0.508 e. The monoisotopic (exact) mass is 179 g/mol. The van der Waals surface area contributed by atoms with Gasteiger partial charge in [0, 0.05) is 6.04 Å². The van der Waals surface area contributed by atoms with E-state index < -0.39 is 0 Å². The van der Waals surface area contributed by atoms with E-state index in [0.717, 1.165) is 12.8 Å². The number of hydrogen-bond donors (Lipinski definition) is 2. The number of hydrogen-bond acceptors (Lipinski definition) is 2. The summed E-state index contributed by atoms with van der Waals surface area (Å²) in [6.07, 6.45) is 2.18. The van der Waals surface area contributed by atoms with Crippen molar-refractivity contribution in [2.24, 2.45) is 0 Å². The smallest absolute Gasteiger partial charge is 0.115 e. The molecule has 0 radical (unpaired) electrons. The molecule has 0 aliphatic rings. The van der Waals surface area contributed by atoms with Crippen LogP contribution in [0.3, 0.4) is 0 Å². The zero-order chi connectivity index (χ0) is 9.68. The number of aromatic hydroxyl groups is 1. The van der Waals surface area contributed by atoms with Crippen molar-refractivity contribution in [1.29, 1.82) is 0 Å². The molecular weight excluding hydrogens is 162 g/mol. The summed E-state index contributed by atoms with van der Waals surface area (Å²) in [7, 11) is 1.97. The number of aryl methyl sites for hydroxylation is 1. The predicted molar refractivity (Wildman–Crippen MR) is 54.9 cm³/mol. The minimum Gasteiger partial charge on any atom is -0.508 e. The summed E-state index contributed by atoms with van der Waals surface area (Å²) in [5, 5.41) is 12.3. The maximum atomic E-state index is 9.07. The lowest BCUT2D eigenvalue weighted by molar-refractivity contribution is 0.475. The average molecular weight is 179 g/mol. The van der Waals surface area contributed by atoms with Crippen molar-refractivity contribution in [1.82, 2.24) is 5.32 Å². The molecule has 1 aromatic carbocycles. The quantitative estimate of drug-likeness (QED) is 0.740. The van der Waals surface area contributed by atoms with Gasteiger partial charge in [0.2, 0.25) is 0 Å². The fraction of sp³-hybridized carbons (Fsp3) is 0.455. The molecule has 0 saturated heterocycles. The highest BCUT2D eigenvalue weighted by Gasteiger charge is 1.98. The van der Waals surface area contributed by atoms with Gasteiger partial charge in [0.15, 0.2) is 0 Å². The van der Waals surface area contributed by atoms with Gasteiger partial charge in [-0.3, -0.25) is 0 Å². The first-order valence-electron chi connectivity index (χ1n) is 4.67. The topological polar surface area (TPSA) is 32.3 Å². The molecule has 0 fully saturated rings. The first-order chi connectivity index (χ1) is 6.22. The molecule has 0 bridgehead atoms. The normalized spacial score (nSPS) is 12.8. The molecule has 2 nitrogen and oxygen atoms in total. The van der Waals surface area contributed by atoms with Crippen LogP contribution in [0.1, 0.15) is 18.9 Å². The molecule has 0 aromatic heterocycles. The Balaban J connectivity index is 2.41. The highest BCUT2D eigenvalue weighted by molar-refractivity contribution is 5.25. The first kappa shape index (κ1) is 10.1. The predicted octanol–water partition coefficient (Wildman–Crippen LogP) is 1.93. The van der Waals surface area contributed by atoms with Gasteiger partial charge in [0.1, 0.15) is 5.75 Å². The SMILES string of the molecule is CN[C@H](C)CCc1ccc(O)cc1. The third kappa shape index (κ3) is 3.47. The maximum Gasteiger partial charge on any atom is 0.115 e. The van der Waals surface area contributed by atoms with E-state index in [0.29, 0.717) is 11.8 Å². The summed E-state index contributed by atoms with van der Waals surface area (Å²) in [5.74, 6) is 0.338. The molecule has 1 rings (SSSR count). The lowest BCUT2D eigenvalue weighted by Crippen LogP contribution is -2.21. The Labute approximate surface area is 79.6 Å². The Morgan fingerprint density at radius 2 is 1.92 bits per heavy atom. The van der Waals surface area contributed by atoms with Crippen molar-refractivity contribution in [3.63, 3.8) is 0 Å². The number of nitrogens with one attached hydrogen (secondary N) is 1. The van der Waals surface area contributed by atoms with E-state index in [1.807, 2.05) is 19.2 Å². The Morgan fingerprint density at radius 1 is 1.31 bits per heavy atom. The number of phenols is 1. The van der Waals surface area contributed by atoms with Crippen LogP contribution in [-0.4, -0.2) is 18.2 Å². The second-order valence-electron chi connectivity index (χ2n) is 3.39. The molecule has 1 aromatic rings. The Hall–Kier alpha value is -1.02. The molecule has 0 unspecified atom stereocenters. The molecular formula is C11H17NO. The highest BCUT2D eigenvalue weighted by atomic mass is 16.3. The van der Waals surface area contributed by atoms with Crippen LogP contribution in [0, 0.1) is 0 Å². The van der Waals surface area contributed by atoms with Crippen molar-refractivity contribution < 1.29 is 5.11 Å². The summed E-state index contributed by atoms with van der Waals surface area (Å²) in [6.45, 7) is 2.17. The zero-order valence-electron chi connectivity index (χ0n) is 8.25. The van der Waals surface area contributed by atoms with E-state index in [1.165, 1.54) is 5.56 Å². The minimum atomic E-state index is 0.338. The average Bonchev–Trinajstić information content (AvgIpc) is 2.16. The molecule has 0 saturated carbocycles. The lowest BCUT2D eigenvalue weighted by Gasteiger charge is -2.09.